The van der Waals surface area contributed by atoms with E-state index in [4.69, 9.17) is 0 Å². The first kappa shape index (κ1) is 14.6. The summed E-state index contributed by atoms with van der Waals surface area (Å²) in [6.45, 7) is 7.85. The summed E-state index contributed by atoms with van der Waals surface area (Å²) in [4.78, 5) is 23.0. The molecule has 0 heterocycles. The number of carbonyl (C=O) groups is 2. The van der Waals surface area contributed by atoms with E-state index < -0.39 is 0 Å². The van der Waals surface area contributed by atoms with Crippen LogP contribution in [0.3, 0.4) is 0 Å². The molecule has 0 spiro atoms. The lowest BCUT2D eigenvalue weighted by molar-refractivity contribution is -0.122. The van der Waals surface area contributed by atoms with E-state index >= 15 is 0 Å². The van der Waals surface area contributed by atoms with Gasteiger partial charge in [-0.05, 0) is 6.20 Å². The van der Waals surface area contributed by atoms with Gasteiger partial charge in [-0.3, -0.25) is 20.4 Å². The number of carbonyl (C=O) groups excluding carboxylic acids is 2. The molecule has 0 radical (unpaired) electrons. The van der Waals surface area contributed by atoms with Crippen molar-refractivity contribution in [1.29, 1.82) is 0 Å². The molecule has 6 nitrogen and oxygen atoms in total. The van der Waals surface area contributed by atoms with Gasteiger partial charge in [0, 0.05) is 32.6 Å². The zero-order chi connectivity index (χ0) is 12.2. The van der Waals surface area contributed by atoms with Gasteiger partial charge in [0.15, 0.2) is 0 Å². The van der Waals surface area contributed by atoms with Gasteiger partial charge in [-0.1, -0.05) is 13.5 Å². The fourth-order valence-electron chi connectivity index (χ4n) is 0.984. The van der Waals surface area contributed by atoms with Crippen LogP contribution >= 0.6 is 0 Å². The third-order valence-electron chi connectivity index (χ3n) is 1.84. The Morgan fingerprint density at radius 3 is 2.69 bits per heavy atom. The fourth-order valence-corrected chi connectivity index (χ4v) is 0.984. The van der Waals surface area contributed by atoms with Gasteiger partial charge in [-0.15, -0.1) is 0 Å². The molecule has 92 valence electrons. The molecule has 0 aromatic rings. The summed E-state index contributed by atoms with van der Waals surface area (Å²) in [6, 6.07) is 0. The van der Waals surface area contributed by atoms with Gasteiger partial charge in [0.1, 0.15) is 0 Å². The summed E-state index contributed by atoms with van der Waals surface area (Å²) < 4.78 is 0. The monoisotopic (exact) mass is 228 g/mol. The van der Waals surface area contributed by atoms with Gasteiger partial charge in [0.25, 0.3) is 0 Å². The molecule has 3 N–H and O–H groups in total. The molecule has 2 amide bonds. The molecule has 0 atom stereocenters. The van der Waals surface area contributed by atoms with E-state index in [2.05, 4.69) is 22.7 Å². The van der Waals surface area contributed by atoms with Gasteiger partial charge < -0.3 is 10.2 Å². The van der Waals surface area contributed by atoms with Crippen LogP contribution in [0, 0.1) is 0 Å². The predicted molar refractivity (Wildman–Crippen MR) is 62.3 cm³/mol. The van der Waals surface area contributed by atoms with E-state index in [-0.39, 0.29) is 12.3 Å². The van der Waals surface area contributed by atoms with Crippen LogP contribution < -0.4 is 16.2 Å². The minimum atomic E-state index is -0.0769. The van der Waals surface area contributed by atoms with Crippen LogP contribution in [0.4, 0.5) is 0 Å². The molecule has 0 rings (SSSR count). The maximum absolute atomic E-state index is 11.3. The van der Waals surface area contributed by atoms with E-state index in [0.717, 1.165) is 6.54 Å². The molecule has 0 aromatic heterocycles. The molecule has 16 heavy (non-hydrogen) atoms. The Kier molecular flexibility index (Phi) is 9.24. The molecule has 0 aliphatic carbocycles. The zero-order valence-electron chi connectivity index (χ0n) is 9.66. The quantitative estimate of drug-likeness (QED) is 0.260. The fraction of sp³-hybridized carbons (Fsp3) is 0.600. The molecule has 0 saturated carbocycles. The Morgan fingerprint density at radius 1 is 1.38 bits per heavy atom. The highest BCUT2D eigenvalue weighted by molar-refractivity contribution is 5.76. The van der Waals surface area contributed by atoms with Gasteiger partial charge in [0.2, 0.25) is 12.3 Å². The second-order valence-corrected chi connectivity index (χ2v) is 3.08. The van der Waals surface area contributed by atoms with Crippen LogP contribution in [0.15, 0.2) is 12.8 Å². The van der Waals surface area contributed by atoms with E-state index in [0.29, 0.717) is 26.0 Å². The lowest BCUT2D eigenvalue weighted by atomic mass is 10.4. The Labute approximate surface area is 96.0 Å². The second kappa shape index (κ2) is 10.1. The zero-order valence-corrected chi connectivity index (χ0v) is 9.66. The van der Waals surface area contributed by atoms with Crippen molar-refractivity contribution in [2.45, 2.75) is 13.3 Å². The van der Waals surface area contributed by atoms with Crippen molar-refractivity contribution >= 4 is 12.3 Å². The standard InChI is InChI=1S/C10H20N4O2/c1-3-12-13-7-6-11-10(16)5-8-14(4-2)9-15/h4,9,12-13H,2-3,5-8H2,1H3,(H,11,16). The topological polar surface area (TPSA) is 73.5 Å². The summed E-state index contributed by atoms with van der Waals surface area (Å²) in [7, 11) is 0. The summed E-state index contributed by atoms with van der Waals surface area (Å²) in [6.07, 6.45) is 2.33. The normalized spacial score (nSPS) is 9.56. The summed E-state index contributed by atoms with van der Waals surface area (Å²) >= 11 is 0. The van der Waals surface area contributed by atoms with E-state index in [1.54, 1.807) is 0 Å². The van der Waals surface area contributed by atoms with Crippen molar-refractivity contribution in [3.8, 4) is 0 Å². The number of nitrogens with one attached hydrogen (secondary N) is 3. The van der Waals surface area contributed by atoms with E-state index in [9.17, 15) is 9.59 Å². The van der Waals surface area contributed by atoms with Crippen molar-refractivity contribution in [2.75, 3.05) is 26.2 Å². The molecular formula is C10H20N4O2. The highest BCUT2D eigenvalue weighted by Gasteiger charge is 2.02. The van der Waals surface area contributed by atoms with Crippen LogP contribution in [-0.4, -0.2) is 43.4 Å². The smallest absolute Gasteiger partial charge is 0.221 e. The highest BCUT2D eigenvalue weighted by atomic mass is 16.2. The summed E-state index contributed by atoms with van der Waals surface area (Å²) in [5.41, 5.74) is 5.85. The first-order valence-corrected chi connectivity index (χ1v) is 5.30. The number of amides is 2. The third kappa shape index (κ3) is 7.95. The van der Waals surface area contributed by atoms with Crippen LogP contribution in [0.2, 0.25) is 0 Å². The van der Waals surface area contributed by atoms with Gasteiger partial charge in [-0.25, -0.2) is 0 Å². The Morgan fingerprint density at radius 2 is 2.12 bits per heavy atom. The van der Waals surface area contributed by atoms with Crippen LogP contribution in [0.1, 0.15) is 13.3 Å². The molecule has 6 heteroatoms. The van der Waals surface area contributed by atoms with Crippen molar-refractivity contribution in [3.63, 3.8) is 0 Å². The molecule has 0 saturated heterocycles. The maximum Gasteiger partial charge on any atom is 0.221 e. The Balaban J connectivity index is 3.44. The van der Waals surface area contributed by atoms with Crippen molar-refractivity contribution in [2.24, 2.45) is 0 Å². The first-order valence-electron chi connectivity index (χ1n) is 5.30. The molecule has 0 aliphatic heterocycles. The number of hydrogen-bond acceptors (Lipinski definition) is 4. The molecular weight excluding hydrogens is 208 g/mol. The molecule has 0 bridgehead atoms. The van der Waals surface area contributed by atoms with Crippen LogP contribution in [-0.2, 0) is 9.59 Å². The van der Waals surface area contributed by atoms with Gasteiger partial charge in [0.05, 0.1) is 0 Å². The minimum absolute atomic E-state index is 0.0769. The number of hydrazine groups is 1. The van der Waals surface area contributed by atoms with Crippen molar-refractivity contribution < 1.29 is 9.59 Å². The van der Waals surface area contributed by atoms with Crippen molar-refractivity contribution in [3.05, 3.63) is 12.8 Å². The van der Waals surface area contributed by atoms with Crippen molar-refractivity contribution in [1.82, 2.24) is 21.1 Å². The summed E-state index contributed by atoms with van der Waals surface area (Å²) in [5.74, 6) is -0.0769. The largest absolute Gasteiger partial charge is 0.355 e. The average Bonchev–Trinajstić information content (AvgIpc) is 2.30. The van der Waals surface area contributed by atoms with Crippen LogP contribution in [0.25, 0.3) is 0 Å². The second-order valence-electron chi connectivity index (χ2n) is 3.08. The van der Waals surface area contributed by atoms with Crippen LogP contribution in [0.5, 0.6) is 0 Å². The first-order chi connectivity index (χ1) is 7.74. The molecule has 0 unspecified atom stereocenters. The third-order valence-corrected chi connectivity index (χ3v) is 1.84. The lowest BCUT2D eigenvalue weighted by Gasteiger charge is -2.11. The minimum Gasteiger partial charge on any atom is -0.355 e. The van der Waals surface area contributed by atoms with Gasteiger partial charge in [-0.2, -0.15) is 0 Å². The number of rotatable bonds is 10. The number of nitrogens with zero attached hydrogens (tertiary/aromatic N) is 1. The Bertz CT molecular complexity index is 213. The Hall–Kier alpha value is -1.40. The molecule has 0 aromatic carbocycles. The highest BCUT2D eigenvalue weighted by Crippen LogP contribution is 1.87. The predicted octanol–water partition coefficient (Wildman–Crippen LogP) is -0.791. The molecule has 0 aliphatic rings. The lowest BCUT2D eigenvalue weighted by Crippen LogP contribution is -2.39. The maximum atomic E-state index is 11.3. The average molecular weight is 228 g/mol. The van der Waals surface area contributed by atoms with Gasteiger partial charge >= 0.3 is 0 Å². The molecule has 0 fully saturated rings. The van der Waals surface area contributed by atoms with E-state index in [1.807, 2.05) is 6.92 Å². The SMILES string of the molecule is C=CN(C=O)CCC(=O)NCCNNCC. The van der Waals surface area contributed by atoms with E-state index in [1.165, 1.54) is 11.1 Å². The number of hydrogen-bond donors (Lipinski definition) is 3. The summed E-state index contributed by atoms with van der Waals surface area (Å²) in [5, 5.41) is 2.73.